The summed E-state index contributed by atoms with van der Waals surface area (Å²) in [6.45, 7) is 0.579. The number of aliphatic hydroxyl groups is 1. The Morgan fingerprint density at radius 2 is 2.46 bits per heavy atom. The van der Waals surface area contributed by atoms with Crippen LogP contribution in [-0.4, -0.2) is 30.1 Å². The van der Waals surface area contributed by atoms with E-state index in [0.29, 0.717) is 12.4 Å². The zero-order chi connectivity index (χ0) is 8.84. The molecule has 5 nitrogen and oxygen atoms in total. The summed E-state index contributed by atoms with van der Waals surface area (Å²) in [7, 11) is 0. The molecule has 3 rings (SSSR count). The number of hydrogen-bond donors (Lipinski definition) is 1. The maximum Gasteiger partial charge on any atom is 0.183 e. The van der Waals surface area contributed by atoms with Crippen molar-refractivity contribution in [2.45, 2.75) is 17.1 Å². The third-order valence-corrected chi connectivity index (χ3v) is 2.88. The molecule has 1 N–H and O–H groups in total. The molecule has 13 heavy (non-hydrogen) atoms. The molecule has 3 aliphatic rings. The van der Waals surface area contributed by atoms with Crippen molar-refractivity contribution >= 4 is 11.8 Å². The van der Waals surface area contributed by atoms with Crippen molar-refractivity contribution in [3.63, 3.8) is 0 Å². The van der Waals surface area contributed by atoms with Gasteiger partial charge in [0.1, 0.15) is 17.5 Å². The number of hydrogen-bond acceptors (Lipinski definition) is 5. The normalized spacial score (nSPS) is 20.8. The molecule has 0 aromatic carbocycles. The molecule has 0 spiro atoms. The van der Waals surface area contributed by atoms with Crippen molar-refractivity contribution in [2.24, 2.45) is 0 Å². The fourth-order valence-electron chi connectivity index (χ4n) is 1.36. The van der Waals surface area contributed by atoms with E-state index in [1.807, 2.05) is 10.8 Å². The first kappa shape index (κ1) is 7.28. The van der Waals surface area contributed by atoms with Crippen LogP contribution in [0.15, 0.2) is 17.7 Å². The summed E-state index contributed by atoms with van der Waals surface area (Å²) in [6, 6.07) is 0. The van der Waals surface area contributed by atoms with Gasteiger partial charge in [0.2, 0.25) is 0 Å². The quantitative estimate of drug-likeness (QED) is 0.607. The Balaban J connectivity index is 2.23. The minimum absolute atomic E-state index is 0.390. The fraction of sp³-hybridized carbons (Fsp3) is 0.286. The van der Waals surface area contributed by atoms with Gasteiger partial charge in [0.15, 0.2) is 11.0 Å². The van der Waals surface area contributed by atoms with E-state index in [1.54, 1.807) is 0 Å². The monoisotopic (exact) mass is 194 g/mol. The maximum absolute atomic E-state index is 9.36. The highest BCUT2D eigenvalue weighted by Crippen LogP contribution is 2.30. The Morgan fingerprint density at radius 1 is 1.54 bits per heavy atom. The van der Waals surface area contributed by atoms with Crippen molar-refractivity contribution in [3.05, 3.63) is 12.5 Å². The smallest absolute Gasteiger partial charge is 0.183 e. The number of thioether (sulfide) groups is 1. The average molecular weight is 194 g/mol. The van der Waals surface area contributed by atoms with E-state index in [9.17, 15) is 5.11 Å². The van der Waals surface area contributed by atoms with Gasteiger partial charge in [0.05, 0.1) is 6.54 Å². The maximum atomic E-state index is 9.36. The standard InChI is InChI=1S/C7H6N4OS/c12-5-2-11-1-4-6(9-3-8-4)10-7(11)13-5/h1,3,5,12H,2H2. The Labute approximate surface area is 78.2 Å². The average Bonchev–Trinajstić information content (AvgIpc) is 2.63. The van der Waals surface area contributed by atoms with Crippen LogP contribution in [0.2, 0.25) is 0 Å². The molecule has 0 amide bonds. The minimum atomic E-state index is -0.390. The van der Waals surface area contributed by atoms with Gasteiger partial charge in [0, 0.05) is 6.20 Å². The first-order chi connectivity index (χ1) is 6.33. The second-order valence-corrected chi connectivity index (χ2v) is 3.98. The Kier molecular flexibility index (Phi) is 1.36. The van der Waals surface area contributed by atoms with Crippen LogP contribution < -0.4 is 0 Å². The van der Waals surface area contributed by atoms with Crippen molar-refractivity contribution in [1.29, 1.82) is 0 Å². The number of imidazole rings is 1. The van der Waals surface area contributed by atoms with Crippen LogP contribution >= 0.6 is 11.8 Å². The predicted octanol–water partition coefficient (Wildman–Crippen LogP) is 0.202. The van der Waals surface area contributed by atoms with Crippen LogP contribution in [-0.2, 0) is 6.54 Å². The van der Waals surface area contributed by atoms with Crippen LogP contribution in [0, 0.1) is 0 Å². The molecule has 6 heteroatoms. The molecule has 3 heterocycles. The van der Waals surface area contributed by atoms with Gasteiger partial charge in [-0.2, -0.15) is 0 Å². The number of aliphatic hydroxyl groups excluding tert-OH is 1. The third kappa shape index (κ3) is 1.02. The summed E-state index contributed by atoms with van der Waals surface area (Å²) in [4.78, 5) is 12.3. The highest BCUT2D eigenvalue weighted by molar-refractivity contribution is 7.99. The number of aromatic nitrogens is 4. The van der Waals surface area contributed by atoms with Gasteiger partial charge < -0.3 is 9.67 Å². The molecular formula is C7H6N4OS. The lowest BCUT2D eigenvalue weighted by Gasteiger charge is -2.02. The number of fused-ring (bicyclic) bond motifs is 2. The molecule has 66 valence electrons. The lowest BCUT2D eigenvalue weighted by Crippen LogP contribution is -2.04. The SMILES string of the molecule is OC1Cn2cc3ncnc-3nc2S1. The molecule has 0 aromatic rings. The Bertz CT molecular complexity index is 392. The van der Waals surface area contributed by atoms with Gasteiger partial charge in [-0.25, -0.2) is 15.0 Å². The molecule has 0 aromatic heterocycles. The van der Waals surface area contributed by atoms with Gasteiger partial charge >= 0.3 is 0 Å². The summed E-state index contributed by atoms with van der Waals surface area (Å²) in [5.41, 5.74) is 0.387. The highest BCUT2D eigenvalue weighted by atomic mass is 32.2. The van der Waals surface area contributed by atoms with Crippen LogP contribution in [0.3, 0.4) is 0 Å². The summed E-state index contributed by atoms with van der Waals surface area (Å²) in [5.74, 6) is 0.646. The van der Waals surface area contributed by atoms with E-state index in [2.05, 4.69) is 15.0 Å². The van der Waals surface area contributed by atoms with Crippen LogP contribution in [0.1, 0.15) is 0 Å². The van der Waals surface area contributed by atoms with Gasteiger partial charge in [-0.3, -0.25) is 0 Å². The molecule has 0 fully saturated rings. The second-order valence-electron chi connectivity index (χ2n) is 2.83. The Hall–Kier alpha value is -1.14. The number of nitrogens with zero attached hydrogens (tertiary/aromatic N) is 4. The van der Waals surface area contributed by atoms with E-state index >= 15 is 0 Å². The third-order valence-electron chi connectivity index (χ3n) is 1.93. The largest absolute Gasteiger partial charge is 0.380 e. The van der Waals surface area contributed by atoms with E-state index in [-0.39, 0.29) is 5.44 Å². The van der Waals surface area contributed by atoms with Crippen LogP contribution in [0.5, 0.6) is 0 Å². The van der Waals surface area contributed by atoms with Crippen LogP contribution in [0.4, 0.5) is 0 Å². The van der Waals surface area contributed by atoms with Crippen molar-refractivity contribution in [2.75, 3.05) is 0 Å². The molecular weight excluding hydrogens is 188 g/mol. The van der Waals surface area contributed by atoms with E-state index in [1.165, 1.54) is 18.1 Å². The first-order valence-corrected chi connectivity index (χ1v) is 4.73. The van der Waals surface area contributed by atoms with Gasteiger partial charge in [-0.05, 0) is 0 Å². The van der Waals surface area contributed by atoms with E-state index < -0.39 is 0 Å². The lowest BCUT2D eigenvalue weighted by molar-refractivity contribution is 0.247. The summed E-state index contributed by atoms with van der Waals surface area (Å²) in [5, 5.41) is 10.2. The minimum Gasteiger partial charge on any atom is -0.380 e. The van der Waals surface area contributed by atoms with E-state index in [4.69, 9.17) is 0 Å². The Morgan fingerprint density at radius 3 is 3.38 bits per heavy atom. The molecule has 0 aliphatic carbocycles. The van der Waals surface area contributed by atoms with Gasteiger partial charge in [-0.1, -0.05) is 11.8 Å². The summed E-state index contributed by atoms with van der Waals surface area (Å²) < 4.78 is 1.90. The summed E-state index contributed by atoms with van der Waals surface area (Å²) in [6.07, 6.45) is 3.36. The molecule has 0 saturated carbocycles. The molecule has 0 saturated heterocycles. The molecule has 1 atom stereocenters. The van der Waals surface area contributed by atoms with Gasteiger partial charge in [0.25, 0.3) is 0 Å². The molecule has 1 unspecified atom stereocenters. The predicted molar refractivity (Wildman–Crippen MR) is 46.3 cm³/mol. The molecule has 0 radical (unpaired) electrons. The van der Waals surface area contributed by atoms with Crippen molar-refractivity contribution in [1.82, 2.24) is 19.5 Å². The summed E-state index contributed by atoms with van der Waals surface area (Å²) >= 11 is 1.35. The zero-order valence-electron chi connectivity index (χ0n) is 6.58. The zero-order valence-corrected chi connectivity index (χ0v) is 7.40. The highest BCUT2D eigenvalue weighted by Gasteiger charge is 2.23. The first-order valence-electron chi connectivity index (χ1n) is 3.85. The second kappa shape index (κ2) is 2.43. The van der Waals surface area contributed by atoms with Crippen molar-refractivity contribution in [3.8, 4) is 11.5 Å². The lowest BCUT2D eigenvalue weighted by atomic mass is 10.4. The number of rotatable bonds is 0. The van der Waals surface area contributed by atoms with Crippen LogP contribution in [0.25, 0.3) is 11.5 Å². The molecule has 3 aliphatic heterocycles. The fourth-order valence-corrected chi connectivity index (χ4v) is 2.24. The topological polar surface area (TPSA) is 63.8 Å². The van der Waals surface area contributed by atoms with E-state index in [0.717, 1.165) is 10.9 Å². The molecule has 0 bridgehead atoms. The van der Waals surface area contributed by atoms with Gasteiger partial charge in [-0.15, -0.1) is 0 Å². The van der Waals surface area contributed by atoms with Crippen molar-refractivity contribution < 1.29 is 5.11 Å².